The lowest BCUT2D eigenvalue weighted by Gasteiger charge is -2.12. The third-order valence-electron chi connectivity index (χ3n) is 2.69. The Morgan fingerprint density at radius 3 is 2.79 bits per heavy atom. The highest BCUT2D eigenvalue weighted by Gasteiger charge is 2.07. The molecular weight excluding hydrogens is 242 g/mol. The van der Waals surface area contributed by atoms with E-state index in [-0.39, 0.29) is 5.91 Å². The third-order valence-corrected chi connectivity index (χ3v) is 2.69. The molecular formula is C13H17N5O. The van der Waals surface area contributed by atoms with Gasteiger partial charge in [0, 0.05) is 45.2 Å². The van der Waals surface area contributed by atoms with Gasteiger partial charge in [-0.2, -0.15) is 10.2 Å². The molecule has 2 heterocycles. The van der Waals surface area contributed by atoms with Crippen molar-refractivity contribution in [2.45, 2.75) is 6.54 Å². The summed E-state index contributed by atoms with van der Waals surface area (Å²) in [6, 6.07) is 1.90. The Labute approximate surface area is 111 Å². The van der Waals surface area contributed by atoms with Gasteiger partial charge in [0.15, 0.2) is 0 Å². The van der Waals surface area contributed by atoms with Crippen molar-refractivity contribution in [2.24, 2.45) is 14.1 Å². The van der Waals surface area contributed by atoms with E-state index < -0.39 is 0 Å². The lowest BCUT2D eigenvalue weighted by molar-refractivity contribution is -0.125. The number of hydrogen-bond acceptors (Lipinski definition) is 3. The van der Waals surface area contributed by atoms with Crippen LogP contribution in [0.2, 0.25) is 0 Å². The van der Waals surface area contributed by atoms with E-state index in [0.29, 0.717) is 6.54 Å². The van der Waals surface area contributed by atoms with E-state index >= 15 is 0 Å². The smallest absolute Gasteiger partial charge is 0.246 e. The van der Waals surface area contributed by atoms with Crippen LogP contribution in [0.3, 0.4) is 0 Å². The minimum Gasteiger partial charge on any atom is -0.336 e. The van der Waals surface area contributed by atoms with E-state index in [2.05, 4.69) is 10.2 Å². The zero-order chi connectivity index (χ0) is 13.8. The molecule has 2 aromatic rings. The summed E-state index contributed by atoms with van der Waals surface area (Å²) in [6.45, 7) is 0.497. The maximum Gasteiger partial charge on any atom is 0.246 e. The molecule has 0 saturated carbocycles. The largest absolute Gasteiger partial charge is 0.336 e. The predicted molar refractivity (Wildman–Crippen MR) is 71.9 cm³/mol. The summed E-state index contributed by atoms with van der Waals surface area (Å²) in [7, 11) is 5.45. The number of carbonyl (C=O) groups excluding carboxylic acids is 1. The minimum atomic E-state index is -0.0606. The second-order valence-electron chi connectivity index (χ2n) is 4.46. The molecule has 0 aliphatic rings. The van der Waals surface area contributed by atoms with Crippen LogP contribution in [0.15, 0.2) is 30.7 Å². The Kier molecular flexibility index (Phi) is 3.79. The van der Waals surface area contributed by atoms with Crippen molar-refractivity contribution in [1.29, 1.82) is 0 Å². The van der Waals surface area contributed by atoms with Crippen molar-refractivity contribution in [3.8, 4) is 0 Å². The molecule has 1 amide bonds. The number of likely N-dealkylation sites (N-methyl/N-ethyl adjacent to an activating group) is 1. The van der Waals surface area contributed by atoms with Gasteiger partial charge in [0.1, 0.15) is 0 Å². The zero-order valence-corrected chi connectivity index (χ0v) is 11.3. The summed E-state index contributed by atoms with van der Waals surface area (Å²) in [6.07, 6.45) is 8.72. The topological polar surface area (TPSA) is 56.0 Å². The fraction of sp³-hybridized carbons (Fsp3) is 0.308. The summed E-state index contributed by atoms with van der Waals surface area (Å²) < 4.78 is 3.42. The molecule has 0 unspecified atom stereocenters. The molecule has 0 saturated heterocycles. The number of nitrogens with zero attached hydrogens (tertiary/aromatic N) is 5. The van der Waals surface area contributed by atoms with E-state index in [4.69, 9.17) is 0 Å². The summed E-state index contributed by atoms with van der Waals surface area (Å²) in [5, 5.41) is 8.28. The van der Waals surface area contributed by atoms with E-state index in [1.54, 1.807) is 39.7 Å². The first-order valence-electron chi connectivity index (χ1n) is 5.95. The summed E-state index contributed by atoms with van der Waals surface area (Å²) >= 11 is 0. The SMILES string of the molecule is CN(Cc1ccn(C)n1)C(=O)/C=C/c1cnn(C)c1. The Hall–Kier alpha value is -2.37. The van der Waals surface area contributed by atoms with Crippen LogP contribution in [0.4, 0.5) is 0 Å². The Balaban J connectivity index is 1.94. The molecule has 6 heteroatoms. The highest BCUT2D eigenvalue weighted by Crippen LogP contribution is 2.03. The number of carbonyl (C=O) groups is 1. The normalized spacial score (nSPS) is 11.1. The fourth-order valence-corrected chi connectivity index (χ4v) is 1.69. The van der Waals surface area contributed by atoms with E-state index in [9.17, 15) is 4.79 Å². The van der Waals surface area contributed by atoms with Crippen LogP contribution in [-0.2, 0) is 25.4 Å². The van der Waals surface area contributed by atoms with Crippen LogP contribution in [0.1, 0.15) is 11.3 Å². The number of aromatic nitrogens is 4. The molecule has 2 rings (SSSR count). The van der Waals surface area contributed by atoms with Crippen LogP contribution in [0, 0.1) is 0 Å². The van der Waals surface area contributed by atoms with Gasteiger partial charge in [0.25, 0.3) is 0 Å². The highest BCUT2D eigenvalue weighted by molar-refractivity contribution is 5.91. The third kappa shape index (κ3) is 3.54. The second-order valence-corrected chi connectivity index (χ2v) is 4.46. The Bertz CT molecular complexity index is 596. The van der Waals surface area contributed by atoms with E-state index in [1.807, 2.05) is 32.6 Å². The summed E-state index contributed by atoms with van der Waals surface area (Å²) in [5.74, 6) is -0.0606. The lowest BCUT2D eigenvalue weighted by Crippen LogP contribution is -2.24. The van der Waals surface area contributed by atoms with E-state index in [1.165, 1.54) is 0 Å². The number of aryl methyl sites for hydroxylation is 2. The van der Waals surface area contributed by atoms with Crippen molar-refractivity contribution in [3.63, 3.8) is 0 Å². The molecule has 0 atom stereocenters. The van der Waals surface area contributed by atoms with Gasteiger partial charge >= 0.3 is 0 Å². The van der Waals surface area contributed by atoms with Gasteiger partial charge in [-0.15, -0.1) is 0 Å². The van der Waals surface area contributed by atoms with Gasteiger partial charge < -0.3 is 4.90 Å². The first kappa shape index (κ1) is 13.1. The highest BCUT2D eigenvalue weighted by atomic mass is 16.2. The molecule has 100 valence electrons. The van der Waals surface area contributed by atoms with Crippen LogP contribution in [-0.4, -0.2) is 37.4 Å². The maximum atomic E-state index is 11.9. The van der Waals surface area contributed by atoms with Crippen molar-refractivity contribution in [1.82, 2.24) is 24.5 Å². The molecule has 19 heavy (non-hydrogen) atoms. The molecule has 6 nitrogen and oxygen atoms in total. The van der Waals surface area contributed by atoms with Crippen molar-refractivity contribution in [2.75, 3.05) is 7.05 Å². The van der Waals surface area contributed by atoms with Gasteiger partial charge in [0.2, 0.25) is 5.91 Å². The minimum absolute atomic E-state index is 0.0606. The van der Waals surface area contributed by atoms with Crippen LogP contribution >= 0.6 is 0 Å². The fourth-order valence-electron chi connectivity index (χ4n) is 1.69. The van der Waals surface area contributed by atoms with Crippen LogP contribution in [0.5, 0.6) is 0 Å². The van der Waals surface area contributed by atoms with Crippen molar-refractivity contribution < 1.29 is 4.79 Å². The van der Waals surface area contributed by atoms with Gasteiger partial charge in [0.05, 0.1) is 18.4 Å². The number of hydrogen-bond donors (Lipinski definition) is 0. The molecule has 0 aromatic carbocycles. The molecule has 0 aliphatic carbocycles. The molecule has 0 bridgehead atoms. The van der Waals surface area contributed by atoms with Crippen molar-refractivity contribution in [3.05, 3.63) is 42.0 Å². The maximum absolute atomic E-state index is 11.9. The van der Waals surface area contributed by atoms with Crippen LogP contribution < -0.4 is 0 Å². The monoisotopic (exact) mass is 259 g/mol. The predicted octanol–water partition coefficient (Wildman–Crippen LogP) is 0.825. The number of rotatable bonds is 4. The van der Waals surface area contributed by atoms with Gasteiger partial charge in [-0.25, -0.2) is 0 Å². The zero-order valence-electron chi connectivity index (χ0n) is 11.3. The summed E-state index contributed by atoms with van der Waals surface area (Å²) in [4.78, 5) is 13.5. The number of amides is 1. The Morgan fingerprint density at radius 2 is 2.21 bits per heavy atom. The van der Waals surface area contributed by atoms with Gasteiger partial charge in [-0.3, -0.25) is 14.2 Å². The average Bonchev–Trinajstić information content (AvgIpc) is 2.95. The van der Waals surface area contributed by atoms with Gasteiger partial charge in [-0.1, -0.05) is 0 Å². The second kappa shape index (κ2) is 5.51. The molecule has 0 N–H and O–H groups in total. The first-order chi connectivity index (χ1) is 9.04. The van der Waals surface area contributed by atoms with E-state index in [0.717, 1.165) is 11.3 Å². The molecule has 0 aliphatic heterocycles. The molecule has 0 spiro atoms. The quantitative estimate of drug-likeness (QED) is 0.764. The summed E-state index contributed by atoms with van der Waals surface area (Å²) in [5.41, 5.74) is 1.77. The molecule has 0 fully saturated rings. The van der Waals surface area contributed by atoms with Crippen LogP contribution in [0.25, 0.3) is 6.08 Å². The first-order valence-corrected chi connectivity index (χ1v) is 5.95. The molecule has 0 radical (unpaired) electrons. The standard InChI is InChI=1S/C13H17N5O/c1-16(10-12-6-7-17(2)15-12)13(19)5-4-11-8-14-18(3)9-11/h4-9H,10H2,1-3H3/b5-4+. The van der Waals surface area contributed by atoms with Crippen molar-refractivity contribution >= 4 is 12.0 Å². The van der Waals surface area contributed by atoms with Gasteiger partial charge in [-0.05, 0) is 12.1 Å². The molecule has 2 aromatic heterocycles. The average molecular weight is 259 g/mol. The Morgan fingerprint density at radius 1 is 1.42 bits per heavy atom. The lowest BCUT2D eigenvalue weighted by atomic mass is 10.3.